The Bertz CT molecular complexity index is 384. The molecule has 1 aromatic rings. The van der Waals surface area contributed by atoms with Crippen LogP contribution in [0.15, 0.2) is 6.20 Å². The normalized spacial score (nSPS) is 16.1. The Morgan fingerprint density at radius 1 is 1.50 bits per heavy atom. The second-order valence-electron chi connectivity index (χ2n) is 4.85. The number of amides is 1. The molecule has 1 aliphatic carbocycles. The van der Waals surface area contributed by atoms with Gasteiger partial charge in [-0.1, -0.05) is 18.1 Å². The fourth-order valence-electron chi connectivity index (χ4n) is 2.30. The van der Waals surface area contributed by atoms with Crippen LogP contribution in [0.2, 0.25) is 0 Å². The van der Waals surface area contributed by atoms with E-state index >= 15 is 0 Å². The van der Waals surface area contributed by atoms with E-state index in [-0.39, 0.29) is 12.5 Å². The van der Waals surface area contributed by atoms with Crippen LogP contribution in [-0.2, 0) is 17.8 Å². The summed E-state index contributed by atoms with van der Waals surface area (Å²) in [5.74, 6) is 0.0252. The summed E-state index contributed by atoms with van der Waals surface area (Å²) in [6, 6.07) is 0.359. The van der Waals surface area contributed by atoms with Gasteiger partial charge in [0.1, 0.15) is 6.54 Å². The fraction of sp³-hybridized carbons (Fsp3) is 0.750. The number of carbonyl (C=O) groups excluding carboxylic acids is 1. The van der Waals surface area contributed by atoms with Crippen molar-refractivity contribution in [3.63, 3.8) is 0 Å². The van der Waals surface area contributed by atoms with Crippen molar-refractivity contribution in [3.05, 3.63) is 11.9 Å². The zero-order valence-electron chi connectivity index (χ0n) is 10.6. The number of aromatic nitrogens is 3. The van der Waals surface area contributed by atoms with Gasteiger partial charge >= 0.3 is 0 Å². The standard InChI is InChI=1S/C12H21N5O/c13-7-3-6-11-8-17(16-15-11)9-12(18)14-10-4-1-2-5-10/h8,10H,1-7,9,13H2,(H,14,18). The van der Waals surface area contributed by atoms with E-state index in [1.807, 2.05) is 6.20 Å². The number of nitrogens with two attached hydrogens (primary N) is 1. The van der Waals surface area contributed by atoms with E-state index in [1.165, 1.54) is 12.8 Å². The minimum Gasteiger partial charge on any atom is -0.352 e. The minimum absolute atomic E-state index is 0.0252. The van der Waals surface area contributed by atoms with Crippen LogP contribution in [0, 0.1) is 0 Å². The van der Waals surface area contributed by atoms with Crippen LogP contribution < -0.4 is 11.1 Å². The predicted molar refractivity (Wildman–Crippen MR) is 67.8 cm³/mol. The zero-order valence-corrected chi connectivity index (χ0v) is 10.6. The highest BCUT2D eigenvalue weighted by atomic mass is 16.2. The van der Waals surface area contributed by atoms with Crippen LogP contribution in [0.25, 0.3) is 0 Å². The number of hydrogen-bond acceptors (Lipinski definition) is 4. The van der Waals surface area contributed by atoms with E-state index < -0.39 is 0 Å². The predicted octanol–water partition coefficient (Wildman–Crippen LogP) is 0.228. The first kappa shape index (κ1) is 13.0. The molecule has 0 aromatic carbocycles. The van der Waals surface area contributed by atoms with Crippen LogP contribution in [-0.4, -0.2) is 33.5 Å². The summed E-state index contributed by atoms with van der Waals surface area (Å²) in [6.45, 7) is 0.904. The summed E-state index contributed by atoms with van der Waals surface area (Å²) in [7, 11) is 0. The van der Waals surface area contributed by atoms with Crippen molar-refractivity contribution >= 4 is 5.91 Å². The molecule has 18 heavy (non-hydrogen) atoms. The molecule has 1 amide bonds. The van der Waals surface area contributed by atoms with Crippen molar-refractivity contribution in [1.29, 1.82) is 0 Å². The molecule has 1 aliphatic rings. The molecule has 0 spiro atoms. The number of hydrogen-bond donors (Lipinski definition) is 2. The van der Waals surface area contributed by atoms with Gasteiger partial charge in [-0.3, -0.25) is 4.79 Å². The highest BCUT2D eigenvalue weighted by Gasteiger charge is 2.17. The van der Waals surface area contributed by atoms with Gasteiger partial charge in [-0.05, 0) is 32.2 Å². The minimum atomic E-state index is 0.0252. The van der Waals surface area contributed by atoms with Crippen molar-refractivity contribution < 1.29 is 4.79 Å². The molecule has 0 bridgehead atoms. The van der Waals surface area contributed by atoms with E-state index in [1.54, 1.807) is 4.68 Å². The molecule has 6 nitrogen and oxygen atoms in total. The van der Waals surface area contributed by atoms with Crippen LogP contribution in [0.5, 0.6) is 0 Å². The molecule has 6 heteroatoms. The van der Waals surface area contributed by atoms with Gasteiger partial charge in [-0.15, -0.1) is 5.10 Å². The maximum atomic E-state index is 11.8. The molecule has 1 saturated carbocycles. The van der Waals surface area contributed by atoms with E-state index in [4.69, 9.17) is 5.73 Å². The van der Waals surface area contributed by atoms with Crippen molar-refractivity contribution in [2.75, 3.05) is 6.54 Å². The Balaban J connectivity index is 1.77. The third kappa shape index (κ3) is 3.80. The Hall–Kier alpha value is -1.43. The zero-order chi connectivity index (χ0) is 12.8. The van der Waals surface area contributed by atoms with Gasteiger partial charge in [0.15, 0.2) is 0 Å². The quantitative estimate of drug-likeness (QED) is 0.757. The molecule has 0 saturated heterocycles. The molecule has 0 aliphatic heterocycles. The Labute approximate surface area is 107 Å². The molecule has 0 atom stereocenters. The lowest BCUT2D eigenvalue weighted by molar-refractivity contribution is -0.122. The van der Waals surface area contributed by atoms with Crippen molar-refractivity contribution in [2.45, 2.75) is 51.1 Å². The first-order valence-corrected chi connectivity index (χ1v) is 6.66. The maximum Gasteiger partial charge on any atom is 0.242 e. The monoisotopic (exact) mass is 251 g/mol. The van der Waals surface area contributed by atoms with Crippen molar-refractivity contribution in [2.24, 2.45) is 5.73 Å². The van der Waals surface area contributed by atoms with E-state index in [0.717, 1.165) is 31.4 Å². The fourth-order valence-corrected chi connectivity index (χ4v) is 2.30. The largest absolute Gasteiger partial charge is 0.352 e. The van der Waals surface area contributed by atoms with Gasteiger partial charge in [0.05, 0.1) is 5.69 Å². The Kier molecular flexibility index (Phi) is 4.69. The number of nitrogens with zero attached hydrogens (tertiary/aromatic N) is 3. The third-order valence-electron chi connectivity index (χ3n) is 3.25. The molecule has 100 valence electrons. The van der Waals surface area contributed by atoms with E-state index in [0.29, 0.717) is 12.6 Å². The van der Waals surface area contributed by atoms with Crippen LogP contribution in [0.1, 0.15) is 37.8 Å². The smallest absolute Gasteiger partial charge is 0.242 e. The van der Waals surface area contributed by atoms with Gasteiger partial charge < -0.3 is 11.1 Å². The van der Waals surface area contributed by atoms with Crippen LogP contribution in [0.4, 0.5) is 0 Å². The molecular weight excluding hydrogens is 230 g/mol. The third-order valence-corrected chi connectivity index (χ3v) is 3.25. The first-order chi connectivity index (χ1) is 8.78. The SMILES string of the molecule is NCCCc1cn(CC(=O)NC2CCCC2)nn1. The van der Waals surface area contributed by atoms with Gasteiger partial charge in [0.2, 0.25) is 5.91 Å². The number of rotatable bonds is 6. The van der Waals surface area contributed by atoms with Crippen LogP contribution >= 0.6 is 0 Å². The summed E-state index contributed by atoms with van der Waals surface area (Å²) in [4.78, 5) is 11.8. The molecular formula is C12H21N5O. The lowest BCUT2D eigenvalue weighted by Crippen LogP contribution is -2.35. The number of nitrogens with one attached hydrogen (secondary N) is 1. The Morgan fingerprint density at radius 3 is 3.00 bits per heavy atom. The number of carbonyl (C=O) groups is 1. The molecule has 0 unspecified atom stereocenters. The molecule has 1 heterocycles. The maximum absolute atomic E-state index is 11.8. The van der Waals surface area contributed by atoms with Crippen molar-refractivity contribution in [1.82, 2.24) is 20.3 Å². The first-order valence-electron chi connectivity index (χ1n) is 6.66. The van der Waals surface area contributed by atoms with Crippen molar-refractivity contribution in [3.8, 4) is 0 Å². The van der Waals surface area contributed by atoms with Gasteiger partial charge in [0, 0.05) is 12.2 Å². The summed E-state index contributed by atoms with van der Waals surface area (Å²) in [5.41, 5.74) is 6.33. The molecule has 1 fully saturated rings. The lowest BCUT2D eigenvalue weighted by Gasteiger charge is -2.11. The topological polar surface area (TPSA) is 85.8 Å². The summed E-state index contributed by atoms with van der Waals surface area (Å²) in [5, 5.41) is 11.0. The van der Waals surface area contributed by atoms with Crippen LogP contribution in [0.3, 0.4) is 0 Å². The molecule has 0 radical (unpaired) electrons. The average Bonchev–Trinajstić information content (AvgIpc) is 2.98. The molecule has 1 aromatic heterocycles. The average molecular weight is 251 g/mol. The van der Waals surface area contributed by atoms with Gasteiger partial charge in [-0.25, -0.2) is 4.68 Å². The Morgan fingerprint density at radius 2 is 2.28 bits per heavy atom. The summed E-state index contributed by atoms with van der Waals surface area (Å²) < 4.78 is 1.59. The van der Waals surface area contributed by atoms with Gasteiger partial charge in [0.25, 0.3) is 0 Å². The lowest BCUT2D eigenvalue weighted by atomic mass is 10.2. The number of aryl methyl sites for hydroxylation is 1. The second kappa shape index (κ2) is 6.49. The summed E-state index contributed by atoms with van der Waals surface area (Å²) in [6.07, 6.45) is 8.18. The van der Waals surface area contributed by atoms with E-state index in [2.05, 4.69) is 15.6 Å². The molecule has 2 rings (SSSR count). The summed E-state index contributed by atoms with van der Waals surface area (Å²) >= 11 is 0. The second-order valence-corrected chi connectivity index (χ2v) is 4.85. The van der Waals surface area contributed by atoms with Gasteiger partial charge in [-0.2, -0.15) is 0 Å². The highest BCUT2D eigenvalue weighted by molar-refractivity contribution is 5.75. The highest BCUT2D eigenvalue weighted by Crippen LogP contribution is 2.17. The molecule has 3 N–H and O–H groups in total. The van der Waals surface area contributed by atoms with E-state index in [9.17, 15) is 4.79 Å².